The molecule has 0 bridgehead atoms. The lowest BCUT2D eigenvalue weighted by atomic mass is 9.98. The molecule has 0 spiro atoms. The van der Waals surface area contributed by atoms with Crippen LogP contribution in [0, 0.1) is 5.92 Å². The van der Waals surface area contributed by atoms with Gasteiger partial charge in [0.2, 0.25) is 0 Å². The molecule has 128 valence electrons. The third kappa shape index (κ3) is 3.97. The van der Waals surface area contributed by atoms with Crippen LogP contribution in [0.5, 0.6) is 0 Å². The van der Waals surface area contributed by atoms with E-state index in [2.05, 4.69) is 39.1 Å². The zero-order valence-corrected chi connectivity index (χ0v) is 14.2. The van der Waals surface area contributed by atoms with Crippen molar-refractivity contribution in [1.82, 2.24) is 30.0 Å². The molecule has 1 amide bonds. The quantitative estimate of drug-likeness (QED) is 0.900. The van der Waals surface area contributed by atoms with Crippen molar-refractivity contribution in [3.8, 4) is 5.82 Å². The largest absolute Gasteiger partial charge is 0.350 e. The van der Waals surface area contributed by atoms with Gasteiger partial charge in [0.25, 0.3) is 5.91 Å². The van der Waals surface area contributed by atoms with Gasteiger partial charge in [-0.15, -0.1) is 0 Å². The predicted molar refractivity (Wildman–Crippen MR) is 90.9 cm³/mol. The van der Waals surface area contributed by atoms with Crippen LogP contribution in [0.4, 0.5) is 0 Å². The summed E-state index contributed by atoms with van der Waals surface area (Å²) in [4.78, 5) is 23.0. The fourth-order valence-electron chi connectivity index (χ4n) is 2.95. The molecule has 1 saturated heterocycles. The fraction of sp³-hybridized carbons (Fsp3) is 0.529. The number of rotatable bonds is 5. The van der Waals surface area contributed by atoms with Crippen LogP contribution in [0.25, 0.3) is 5.82 Å². The Hall–Kier alpha value is -2.28. The third-order valence-corrected chi connectivity index (χ3v) is 4.66. The maximum absolute atomic E-state index is 12.4. The number of amides is 1. The Bertz CT molecular complexity index is 663. The van der Waals surface area contributed by atoms with Crippen molar-refractivity contribution in [2.24, 2.45) is 5.92 Å². The van der Waals surface area contributed by atoms with E-state index in [-0.39, 0.29) is 5.91 Å². The molecule has 2 aromatic heterocycles. The summed E-state index contributed by atoms with van der Waals surface area (Å²) in [6.07, 6.45) is 7.09. The number of aromatic nitrogens is 4. The summed E-state index contributed by atoms with van der Waals surface area (Å²) in [6, 6.07) is 3.78. The van der Waals surface area contributed by atoms with Crippen molar-refractivity contribution >= 4 is 5.91 Å². The monoisotopic (exact) mass is 328 g/mol. The summed E-state index contributed by atoms with van der Waals surface area (Å²) in [5, 5.41) is 7.06. The number of piperidine rings is 1. The summed E-state index contributed by atoms with van der Waals surface area (Å²) < 4.78 is 1.54. The lowest BCUT2D eigenvalue weighted by Crippen LogP contribution is -2.45. The van der Waals surface area contributed by atoms with Crippen LogP contribution in [-0.4, -0.2) is 56.2 Å². The summed E-state index contributed by atoms with van der Waals surface area (Å²) in [5.41, 5.74) is 0.579. The molecule has 7 heteroatoms. The second kappa shape index (κ2) is 7.53. The van der Waals surface area contributed by atoms with Gasteiger partial charge in [0.05, 0.1) is 0 Å². The Labute approximate surface area is 142 Å². The first-order valence-electron chi connectivity index (χ1n) is 8.47. The molecule has 0 saturated carbocycles. The lowest BCUT2D eigenvalue weighted by molar-refractivity contribution is 0.0921. The Morgan fingerprint density at radius 1 is 1.42 bits per heavy atom. The van der Waals surface area contributed by atoms with Gasteiger partial charge in [0.15, 0.2) is 5.82 Å². The standard InChI is InChI=1S/C17H24N6O/c1-13-4-7-22(8-5-13)14(2)10-20-17(24)15-3-6-19-16(9-15)23-12-18-11-21-23/h3,6,9,11-14H,4-5,7-8,10H2,1-2H3,(H,20,24)/t14-/m0/s1. The topological polar surface area (TPSA) is 75.9 Å². The Balaban J connectivity index is 1.56. The highest BCUT2D eigenvalue weighted by atomic mass is 16.1. The van der Waals surface area contributed by atoms with Crippen molar-refractivity contribution in [3.05, 3.63) is 36.5 Å². The first-order chi connectivity index (χ1) is 11.6. The Kier molecular flexibility index (Phi) is 5.20. The van der Waals surface area contributed by atoms with Crippen LogP contribution >= 0.6 is 0 Å². The molecule has 1 aliphatic rings. The van der Waals surface area contributed by atoms with E-state index in [0.29, 0.717) is 24.0 Å². The minimum absolute atomic E-state index is 0.0870. The summed E-state index contributed by atoms with van der Waals surface area (Å²) in [7, 11) is 0. The Morgan fingerprint density at radius 2 is 2.21 bits per heavy atom. The maximum Gasteiger partial charge on any atom is 0.251 e. The highest BCUT2D eigenvalue weighted by Gasteiger charge is 2.20. The van der Waals surface area contributed by atoms with Gasteiger partial charge in [-0.05, 0) is 50.9 Å². The van der Waals surface area contributed by atoms with E-state index in [1.165, 1.54) is 23.9 Å². The summed E-state index contributed by atoms with van der Waals surface area (Å²) >= 11 is 0. The molecule has 1 aliphatic heterocycles. The molecule has 2 aromatic rings. The van der Waals surface area contributed by atoms with Crippen LogP contribution < -0.4 is 5.32 Å². The molecule has 24 heavy (non-hydrogen) atoms. The van der Waals surface area contributed by atoms with E-state index >= 15 is 0 Å². The number of likely N-dealkylation sites (tertiary alicyclic amines) is 1. The van der Waals surface area contributed by atoms with Crippen LogP contribution in [-0.2, 0) is 0 Å². The number of carbonyl (C=O) groups is 1. The van der Waals surface area contributed by atoms with Crippen molar-refractivity contribution in [2.45, 2.75) is 32.7 Å². The molecule has 0 aromatic carbocycles. The minimum atomic E-state index is -0.0870. The van der Waals surface area contributed by atoms with Crippen molar-refractivity contribution in [1.29, 1.82) is 0 Å². The lowest BCUT2D eigenvalue weighted by Gasteiger charge is -2.35. The smallest absolute Gasteiger partial charge is 0.251 e. The van der Waals surface area contributed by atoms with Gasteiger partial charge in [-0.3, -0.25) is 9.69 Å². The molecule has 3 rings (SSSR count). The molecular weight excluding hydrogens is 304 g/mol. The van der Waals surface area contributed by atoms with E-state index in [9.17, 15) is 4.79 Å². The zero-order valence-electron chi connectivity index (χ0n) is 14.2. The number of hydrogen-bond acceptors (Lipinski definition) is 5. The van der Waals surface area contributed by atoms with Gasteiger partial charge in [-0.1, -0.05) is 6.92 Å². The van der Waals surface area contributed by atoms with E-state index in [1.54, 1.807) is 24.7 Å². The zero-order chi connectivity index (χ0) is 16.9. The van der Waals surface area contributed by atoms with Crippen molar-refractivity contribution in [2.75, 3.05) is 19.6 Å². The molecule has 3 heterocycles. The van der Waals surface area contributed by atoms with Gasteiger partial charge in [-0.2, -0.15) is 5.10 Å². The number of carbonyl (C=O) groups excluding carboxylic acids is 1. The van der Waals surface area contributed by atoms with E-state index in [4.69, 9.17) is 0 Å². The minimum Gasteiger partial charge on any atom is -0.350 e. The fourth-order valence-corrected chi connectivity index (χ4v) is 2.95. The normalized spacial score (nSPS) is 17.6. The molecule has 1 N–H and O–H groups in total. The number of pyridine rings is 1. The second-order valence-electron chi connectivity index (χ2n) is 6.52. The SMILES string of the molecule is CC1CCN([C@@H](C)CNC(=O)c2ccnc(-n3cncn3)c2)CC1. The van der Waals surface area contributed by atoms with Crippen LogP contribution in [0.3, 0.4) is 0 Å². The molecule has 0 aliphatic carbocycles. The van der Waals surface area contributed by atoms with Gasteiger partial charge in [0.1, 0.15) is 12.7 Å². The molecule has 1 fully saturated rings. The molecule has 1 atom stereocenters. The average molecular weight is 328 g/mol. The molecule has 7 nitrogen and oxygen atoms in total. The van der Waals surface area contributed by atoms with Crippen molar-refractivity contribution < 1.29 is 4.79 Å². The van der Waals surface area contributed by atoms with Crippen LogP contribution in [0.1, 0.15) is 37.0 Å². The molecule has 0 radical (unpaired) electrons. The van der Waals surface area contributed by atoms with E-state index in [0.717, 1.165) is 19.0 Å². The highest BCUT2D eigenvalue weighted by Crippen LogP contribution is 2.17. The summed E-state index contributed by atoms with van der Waals surface area (Å²) in [5.74, 6) is 1.31. The first kappa shape index (κ1) is 16.6. The van der Waals surface area contributed by atoms with Crippen LogP contribution in [0.15, 0.2) is 31.0 Å². The second-order valence-corrected chi connectivity index (χ2v) is 6.52. The Morgan fingerprint density at radius 3 is 2.92 bits per heavy atom. The maximum atomic E-state index is 12.4. The van der Waals surface area contributed by atoms with Crippen molar-refractivity contribution in [3.63, 3.8) is 0 Å². The van der Waals surface area contributed by atoms with E-state index < -0.39 is 0 Å². The van der Waals surface area contributed by atoms with Gasteiger partial charge < -0.3 is 5.32 Å². The first-order valence-corrected chi connectivity index (χ1v) is 8.47. The van der Waals surface area contributed by atoms with E-state index in [1.807, 2.05) is 0 Å². The third-order valence-electron chi connectivity index (χ3n) is 4.66. The molecule has 0 unspecified atom stereocenters. The van der Waals surface area contributed by atoms with Crippen LogP contribution in [0.2, 0.25) is 0 Å². The number of nitrogens with zero attached hydrogens (tertiary/aromatic N) is 5. The van der Waals surface area contributed by atoms with Gasteiger partial charge in [0, 0.05) is 24.3 Å². The predicted octanol–water partition coefficient (Wildman–Crippen LogP) is 1.51. The molecular formula is C17H24N6O. The number of hydrogen-bond donors (Lipinski definition) is 1. The number of nitrogens with one attached hydrogen (secondary N) is 1. The summed E-state index contributed by atoms with van der Waals surface area (Å²) in [6.45, 7) is 7.35. The van der Waals surface area contributed by atoms with Gasteiger partial charge in [-0.25, -0.2) is 14.6 Å². The highest BCUT2D eigenvalue weighted by molar-refractivity contribution is 5.94. The van der Waals surface area contributed by atoms with Gasteiger partial charge >= 0.3 is 0 Å². The average Bonchev–Trinajstić information content (AvgIpc) is 3.15.